The Balaban J connectivity index is 1.82. The molecule has 24 heavy (non-hydrogen) atoms. The summed E-state index contributed by atoms with van der Waals surface area (Å²) in [6.45, 7) is 0. The highest BCUT2D eigenvalue weighted by Crippen LogP contribution is 2.38. The number of aromatic carboxylic acids is 1. The molecule has 4 nitrogen and oxygen atoms in total. The maximum atomic E-state index is 14.4. The number of rotatable bonds is 5. The molecule has 1 heterocycles. The minimum atomic E-state index is -0.938. The molecular formula is C19H20FNO3. The van der Waals surface area contributed by atoms with Gasteiger partial charge in [0.25, 0.3) is 0 Å². The minimum Gasteiger partial charge on any atom is -0.494 e. The van der Waals surface area contributed by atoms with Crippen LogP contribution in [0.15, 0.2) is 30.6 Å². The zero-order chi connectivity index (χ0) is 17.1. The molecule has 0 fully saturated rings. The molecule has 1 aromatic carbocycles. The summed E-state index contributed by atoms with van der Waals surface area (Å²) < 4.78 is 19.5. The first-order valence-electron chi connectivity index (χ1n) is 8.13. The number of pyridine rings is 1. The zero-order valence-corrected chi connectivity index (χ0v) is 13.6. The second-order valence-electron chi connectivity index (χ2n) is 6.12. The van der Waals surface area contributed by atoms with Gasteiger partial charge in [-0.1, -0.05) is 6.07 Å². The number of methoxy groups -OCH3 is 1. The summed E-state index contributed by atoms with van der Waals surface area (Å²) >= 11 is 0. The molecule has 2 aromatic rings. The number of fused-ring (bicyclic) bond motifs is 1. The second kappa shape index (κ2) is 6.99. The van der Waals surface area contributed by atoms with Gasteiger partial charge in [-0.15, -0.1) is 0 Å². The van der Waals surface area contributed by atoms with Crippen LogP contribution in [0.4, 0.5) is 4.39 Å². The number of hydrogen-bond acceptors (Lipinski definition) is 3. The molecule has 0 amide bonds. The van der Waals surface area contributed by atoms with Gasteiger partial charge in [0.1, 0.15) is 0 Å². The molecule has 0 bridgehead atoms. The predicted octanol–water partition coefficient (Wildman–Crippen LogP) is 3.98. The Bertz CT molecular complexity index is 760. The topological polar surface area (TPSA) is 59.4 Å². The maximum Gasteiger partial charge on any atom is 0.336 e. The number of hydrogen-bond donors (Lipinski definition) is 1. The van der Waals surface area contributed by atoms with Crippen LogP contribution in [0, 0.1) is 5.82 Å². The number of carbonyl (C=O) groups is 1. The number of halogens is 1. The molecule has 1 atom stereocenters. The molecule has 1 aromatic heterocycles. The normalized spacial score (nSPS) is 16.5. The standard InChI is InChI=1S/C19H20FNO3/c1-24-17-8-7-14-12(3-2-4-16(14)18(17)20)5-6-13-11-21-10-9-15(13)19(22)23/h7-12H,2-6H2,1H3,(H,22,23). The van der Waals surface area contributed by atoms with Crippen LogP contribution in [0.2, 0.25) is 0 Å². The van der Waals surface area contributed by atoms with Gasteiger partial charge in [-0.2, -0.15) is 0 Å². The Labute approximate surface area is 140 Å². The number of aromatic nitrogens is 1. The first-order chi connectivity index (χ1) is 11.6. The lowest BCUT2D eigenvalue weighted by molar-refractivity contribution is 0.0695. The molecule has 0 aliphatic heterocycles. The van der Waals surface area contributed by atoms with E-state index < -0.39 is 5.97 Å². The Morgan fingerprint density at radius 1 is 1.42 bits per heavy atom. The van der Waals surface area contributed by atoms with Crippen molar-refractivity contribution in [3.63, 3.8) is 0 Å². The Morgan fingerprint density at radius 3 is 3.00 bits per heavy atom. The summed E-state index contributed by atoms with van der Waals surface area (Å²) in [5, 5.41) is 9.26. The van der Waals surface area contributed by atoms with E-state index in [1.165, 1.54) is 19.4 Å². The van der Waals surface area contributed by atoms with E-state index in [1.54, 1.807) is 12.3 Å². The monoisotopic (exact) mass is 329 g/mol. The van der Waals surface area contributed by atoms with E-state index >= 15 is 0 Å². The molecule has 126 valence electrons. The highest BCUT2D eigenvalue weighted by molar-refractivity contribution is 5.89. The van der Waals surface area contributed by atoms with Gasteiger partial charge in [0.15, 0.2) is 11.6 Å². The zero-order valence-electron chi connectivity index (χ0n) is 13.6. The highest BCUT2D eigenvalue weighted by Gasteiger charge is 2.25. The third kappa shape index (κ3) is 3.11. The van der Waals surface area contributed by atoms with Gasteiger partial charge in [-0.05, 0) is 66.8 Å². The first-order valence-corrected chi connectivity index (χ1v) is 8.13. The van der Waals surface area contributed by atoms with E-state index in [9.17, 15) is 14.3 Å². The van der Waals surface area contributed by atoms with Gasteiger partial charge in [0, 0.05) is 12.4 Å². The number of carboxylic acids is 1. The number of ether oxygens (including phenoxy) is 1. The number of nitrogens with zero attached hydrogens (tertiary/aromatic N) is 1. The van der Waals surface area contributed by atoms with Crippen LogP contribution in [0.5, 0.6) is 5.75 Å². The van der Waals surface area contributed by atoms with Crippen LogP contribution in [0.1, 0.15) is 52.2 Å². The van der Waals surface area contributed by atoms with Crippen LogP contribution in [0.3, 0.4) is 0 Å². The quantitative estimate of drug-likeness (QED) is 0.901. The van der Waals surface area contributed by atoms with E-state index in [0.717, 1.165) is 42.4 Å². The smallest absolute Gasteiger partial charge is 0.336 e. The fraction of sp³-hybridized carbons (Fsp3) is 0.368. The van der Waals surface area contributed by atoms with Crippen molar-refractivity contribution in [3.8, 4) is 5.75 Å². The molecule has 5 heteroatoms. The van der Waals surface area contributed by atoms with Crippen LogP contribution in [-0.4, -0.2) is 23.2 Å². The fourth-order valence-corrected chi connectivity index (χ4v) is 3.55. The molecule has 1 aliphatic carbocycles. The summed E-state index contributed by atoms with van der Waals surface area (Å²) in [7, 11) is 1.47. The lowest BCUT2D eigenvalue weighted by Crippen LogP contribution is -2.14. The van der Waals surface area contributed by atoms with Crippen LogP contribution >= 0.6 is 0 Å². The van der Waals surface area contributed by atoms with E-state index in [4.69, 9.17) is 4.74 Å². The summed E-state index contributed by atoms with van der Waals surface area (Å²) in [5.41, 5.74) is 2.80. The Kier molecular flexibility index (Phi) is 4.79. The molecular weight excluding hydrogens is 309 g/mol. The van der Waals surface area contributed by atoms with Crippen molar-refractivity contribution in [2.45, 2.75) is 38.0 Å². The molecule has 0 radical (unpaired) electrons. The van der Waals surface area contributed by atoms with Gasteiger partial charge < -0.3 is 9.84 Å². The minimum absolute atomic E-state index is 0.232. The largest absolute Gasteiger partial charge is 0.494 e. The molecule has 0 saturated carbocycles. The number of benzene rings is 1. The summed E-state index contributed by atoms with van der Waals surface area (Å²) in [4.78, 5) is 15.3. The molecule has 1 N–H and O–H groups in total. The average Bonchev–Trinajstić information content (AvgIpc) is 2.60. The number of carboxylic acid groups (broad SMARTS) is 1. The van der Waals surface area contributed by atoms with Gasteiger partial charge in [-0.25, -0.2) is 9.18 Å². The van der Waals surface area contributed by atoms with Crippen molar-refractivity contribution in [2.75, 3.05) is 7.11 Å². The van der Waals surface area contributed by atoms with Crippen LogP contribution in [0.25, 0.3) is 0 Å². The van der Waals surface area contributed by atoms with Crippen molar-refractivity contribution in [1.82, 2.24) is 4.98 Å². The molecule has 1 unspecified atom stereocenters. The van der Waals surface area contributed by atoms with Gasteiger partial charge in [-0.3, -0.25) is 4.98 Å². The van der Waals surface area contributed by atoms with Gasteiger partial charge in [0.05, 0.1) is 12.7 Å². The van der Waals surface area contributed by atoms with Crippen LogP contribution in [-0.2, 0) is 12.8 Å². The number of aryl methyl sites for hydroxylation is 1. The van der Waals surface area contributed by atoms with E-state index in [0.29, 0.717) is 12.0 Å². The summed E-state index contributed by atoms with van der Waals surface area (Å²) in [5.74, 6) is -0.676. The van der Waals surface area contributed by atoms with Crippen LogP contribution < -0.4 is 4.74 Å². The van der Waals surface area contributed by atoms with E-state index in [-0.39, 0.29) is 17.5 Å². The summed E-state index contributed by atoms with van der Waals surface area (Å²) in [6, 6.07) is 5.15. The first kappa shape index (κ1) is 16.4. The predicted molar refractivity (Wildman–Crippen MR) is 88.1 cm³/mol. The van der Waals surface area contributed by atoms with Crippen molar-refractivity contribution >= 4 is 5.97 Å². The van der Waals surface area contributed by atoms with Gasteiger partial charge >= 0.3 is 5.97 Å². The SMILES string of the molecule is COc1ccc2c(c1F)CCCC2CCc1cnccc1C(=O)O. The van der Waals surface area contributed by atoms with Gasteiger partial charge in [0.2, 0.25) is 0 Å². The molecule has 3 rings (SSSR count). The lowest BCUT2D eigenvalue weighted by Gasteiger charge is -2.26. The average molecular weight is 329 g/mol. The van der Waals surface area contributed by atoms with E-state index in [1.807, 2.05) is 6.07 Å². The second-order valence-corrected chi connectivity index (χ2v) is 6.12. The fourth-order valence-electron chi connectivity index (χ4n) is 3.55. The summed E-state index contributed by atoms with van der Waals surface area (Å²) in [6.07, 6.45) is 7.15. The Morgan fingerprint density at radius 2 is 2.25 bits per heavy atom. The lowest BCUT2D eigenvalue weighted by atomic mass is 9.79. The molecule has 1 aliphatic rings. The Hall–Kier alpha value is -2.43. The third-order valence-electron chi connectivity index (χ3n) is 4.78. The van der Waals surface area contributed by atoms with Crippen molar-refractivity contribution < 1.29 is 19.0 Å². The molecule has 0 saturated heterocycles. The van der Waals surface area contributed by atoms with Crippen molar-refractivity contribution in [2.24, 2.45) is 0 Å². The third-order valence-corrected chi connectivity index (χ3v) is 4.78. The highest BCUT2D eigenvalue weighted by atomic mass is 19.1. The van der Waals surface area contributed by atoms with E-state index in [2.05, 4.69) is 4.98 Å². The van der Waals surface area contributed by atoms with Crippen molar-refractivity contribution in [1.29, 1.82) is 0 Å². The maximum absolute atomic E-state index is 14.4. The molecule has 0 spiro atoms. The van der Waals surface area contributed by atoms with Crippen molar-refractivity contribution in [3.05, 3.63) is 58.7 Å².